The highest BCUT2D eigenvalue weighted by Gasteiger charge is 2.24. The van der Waals surface area contributed by atoms with Crippen molar-refractivity contribution in [1.82, 2.24) is 29.1 Å². The van der Waals surface area contributed by atoms with E-state index in [1.165, 1.54) is 0 Å². The second kappa shape index (κ2) is 11.6. The molecule has 0 aliphatic rings. The second-order valence-electron chi connectivity index (χ2n) is 13.1. The van der Waals surface area contributed by atoms with E-state index in [1.807, 2.05) is 91.0 Å². The van der Waals surface area contributed by atoms with E-state index in [2.05, 4.69) is 88.0 Å². The van der Waals surface area contributed by atoms with Crippen molar-refractivity contribution in [2.75, 3.05) is 0 Å². The molecule has 0 aliphatic carbocycles. The number of furan rings is 1. The van der Waals surface area contributed by atoms with Crippen LogP contribution in [0.1, 0.15) is 0 Å². The Kier molecular flexibility index (Phi) is 6.42. The number of fused-ring (bicyclic) bond motifs is 8. The Hall–Kier alpha value is -7.38. The molecule has 0 fully saturated rings. The Balaban J connectivity index is 1.31. The maximum absolute atomic E-state index is 6.72. The van der Waals surface area contributed by atoms with Crippen molar-refractivity contribution in [3.63, 3.8) is 0 Å². The third-order valence-corrected chi connectivity index (χ3v) is 9.98. The monoisotopic (exact) mass is 680 g/mol. The molecule has 0 saturated carbocycles. The van der Waals surface area contributed by atoms with Crippen LogP contribution < -0.4 is 0 Å². The fourth-order valence-electron chi connectivity index (χ4n) is 7.57. The topological polar surface area (TPSA) is 74.6 Å². The molecule has 7 aromatic carbocycles. The van der Waals surface area contributed by atoms with Crippen LogP contribution in [-0.2, 0) is 0 Å². The van der Waals surface area contributed by atoms with Gasteiger partial charge < -0.3 is 4.42 Å². The van der Waals surface area contributed by atoms with Crippen molar-refractivity contribution in [2.45, 2.75) is 0 Å². The normalized spacial score (nSPS) is 11.8. The average Bonchev–Trinajstić information content (AvgIpc) is 3.90. The SMILES string of the molecule is c1ccc(-c2nc(-c3ccccc3)nc(-n3c4cc5c(cc4c4ccc6c7ccccc7oc6c43)nc(-c3ccccc3)n5-c3ccccc3)n2)cc1. The van der Waals surface area contributed by atoms with Crippen LogP contribution >= 0.6 is 0 Å². The summed E-state index contributed by atoms with van der Waals surface area (Å²) < 4.78 is 11.1. The van der Waals surface area contributed by atoms with Crippen LogP contribution in [0.15, 0.2) is 174 Å². The first-order valence-corrected chi connectivity index (χ1v) is 17.6. The summed E-state index contributed by atoms with van der Waals surface area (Å²) >= 11 is 0. The smallest absolute Gasteiger partial charge is 0.238 e. The van der Waals surface area contributed by atoms with Gasteiger partial charge in [0.2, 0.25) is 5.95 Å². The third-order valence-electron chi connectivity index (χ3n) is 9.98. The number of imidazole rings is 1. The van der Waals surface area contributed by atoms with E-state index in [-0.39, 0.29) is 0 Å². The van der Waals surface area contributed by atoms with E-state index in [1.54, 1.807) is 0 Å². The van der Waals surface area contributed by atoms with Gasteiger partial charge >= 0.3 is 0 Å². The van der Waals surface area contributed by atoms with Gasteiger partial charge in [-0.1, -0.05) is 133 Å². The minimum atomic E-state index is 0.499. The molecule has 53 heavy (non-hydrogen) atoms. The van der Waals surface area contributed by atoms with E-state index in [0.29, 0.717) is 17.6 Å². The van der Waals surface area contributed by atoms with Crippen molar-refractivity contribution in [1.29, 1.82) is 0 Å². The molecule has 4 aromatic heterocycles. The van der Waals surface area contributed by atoms with Crippen molar-refractivity contribution in [3.05, 3.63) is 170 Å². The first kappa shape index (κ1) is 29.4. The molecule has 0 atom stereocenters. The standard InChI is InChI=1S/C46H28N6O/c1-5-15-29(16-6-1)43-48-44(30-17-7-2-8-18-30)50-46(49-43)52-38-28-39-37(47-45(31-19-9-3-10-20-31)51(39)32-21-11-4-12-22-32)27-36(38)34-25-26-35-33-23-13-14-24-40(33)53-42(35)41(34)52/h1-28H. The van der Waals surface area contributed by atoms with Crippen molar-refractivity contribution in [3.8, 4) is 45.8 Å². The highest BCUT2D eigenvalue weighted by molar-refractivity contribution is 6.22. The zero-order valence-electron chi connectivity index (χ0n) is 28.3. The molecule has 0 saturated heterocycles. The summed E-state index contributed by atoms with van der Waals surface area (Å²) in [6, 6.07) is 57.8. The Labute approximate surface area is 303 Å². The molecular weight excluding hydrogens is 653 g/mol. The van der Waals surface area contributed by atoms with Crippen LogP contribution in [-0.4, -0.2) is 29.1 Å². The zero-order chi connectivity index (χ0) is 34.9. The van der Waals surface area contributed by atoms with Crippen LogP contribution in [0.4, 0.5) is 0 Å². The molecule has 11 rings (SSSR count). The predicted molar refractivity (Wildman–Crippen MR) is 212 cm³/mol. The number of benzene rings is 7. The van der Waals surface area contributed by atoms with Crippen LogP contribution in [0.5, 0.6) is 0 Å². The lowest BCUT2D eigenvalue weighted by molar-refractivity contribution is 0.670. The Morgan fingerprint density at radius 2 is 1.00 bits per heavy atom. The first-order valence-electron chi connectivity index (χ1n) is 17.6. The summed E-state index contributed by atoms with van der Waals surface area (Å²) in [4.78, 5) is 20.7. The second-order valence-corrected chi connectivity index (χ2v) is 13.1. The van der Waals surface area contributed by atoms with Crippen LogP contribution in [0.25, 0.3) is 101 Å². The molecule has 7 heteroatoms. The van der Waals surface area contributed by atoms with Gasteiger partial charge in [0.1, 0.15) is 16.9 Å². The van der Waals surface area contributed by atoms with E-state index in [4.69, 9.17) is 24.4 Å². The zero-order valence-corrected chi connectivity index (χ0v) is 28.3. The van der Waals surface area contributed by atoms with Crippen molar-refractivity contribution < 1.29 is 4.42 Å². The molecule has 0 aliphatic heterocycles. The fraction of sp³-hybridized carbons (Fsp3) is 0. The number of rotatable bonds is 5. The minimum absolute atomic E-state index is 0.499. The molecule has 0 radical (unpaired) electrons. The lowest BCUT2D eigenvalue weighted by atomic mass is 10.1. The van der Waals surface area contributed by atoms with Gasteiger partial charge in [-0.2, -0.15) is 9.97 Å². The summed E-state index contributed by atoms with van der Waals surface area (Å²) in [7, 11) is 0. The van der Waals surface area contributed by atoms with Crippen LogP contribution in [0.3, 0.4) is 0 Å². The largest absolute Gasteiger partial charge is 0.454 e. The van der Waals surface area contributed by atoms with E-state index >= 15 is 0 Å². The maximum Gasteiger partial charge on any atom is 0.238 e. The quantitative estimate of drug-likeness (QED) is 0.181. The molecule has 7 nitrogen and oxygen atoms in total. The molecule has 0 amide bonds. The van der Waals surface area contributed by atoms with Gasteiger partial charge in [-0.3, -0.25) is 9.13 Å². The summed E-state index contributed by atoms with van der Waals surface area (Å²) in [5.74, 6) is 2.54. The maximum atomic E-state index is 6.72. The molecule has 0 bridgehead atoms. The lowest BCUT2D eigenvalue weighted by Crippen LogP contribution is -2.06. The molecular formula is C46H28N6O. The van der Waals surface area contributed by atoms with E-state index in [0.717, 1.165) is 83.0 Å². The molecule has 4 heterocycles. The lowest BCUT2D eigenvalue weighted by Gasteiger charge is -2.12. The Morgan fingerprint density at radius 3 is 1.68 bits per heavy atom. The van der Waals surface area contributed by atoms with Gasteiger partial charge in [-0.05, 0) is 36.4 Å². The van der Waals surface area contributed by atoms with E-state index in [9.17, 15) is 0 Å². The number of aromatic nitrogens is 6. The molecule has 248 valence electrons. The van der Waals surface area contributed by atoms with Gasteiger partial charge in [0.25, 0.3) is 0 Å². The highest BCUT2D eigenvalue weighted by Crippen LogP contribution is 2.42. The van der Waals surface area contributed by atoms with E-state index < -0.39 is 0 Å². The Morgan fingerprint density at radius 1 is 0.415 bits per heavy atom. The fourth-order valence-corrected chi connectivity index (χ4v) is 7.57. The van der Waals surface area contributed by atoms with Crippen molar-refractivity contribution >= 4 is 54.8 Å². The van der Waals surface area contributed by atoms with Crippen LogP contribution in [0.2, 0.25) is 0 Å². The average molecular weight is 681 g/mol. The molecule has 11 aromatic rings. The van der Waals surface area contributed by atoms with Gasteiger partial charge in [-0.25, -0.2) is 9.97 Å². The van der Waals surface area contributed by atoms with Gasteiger partial charge in [0.05, 0.1) is 16.6 Å². The summed E-state index contributed by atoms with van der Waals surface area (Å²) in [5.41, 5.74) is 9.13. The number of nitrogens with zero attached hydrogens (tertiary/aromatic N) is 6. The summed E-state index contributed by atoms with van der Waals surface area (Å²) in [5, 5.41) is 4.13. The third kappa shape index (κ3) is 4.61. The molecule has 0 spiro atoms. The van der Waals surface area contributed by atoms with Gasteiger partial charge in [-0.15, -0.1) is 0 Å². The highest BCUT2D eigenvalue weighted by atomic mass is 16.3. The molecule has 0 N–H and O–H groups in total. The molecule has 0 unspecified atom stereocenters. The minimum Gasteiger partial charge on any atom is -0.454 e. The number of para-hydroxylation sites is 2. The number of hydrogen-bond acceptors (Lipinski definition) is 5. The van der Waals surface area contributed by atoms with Gasteiger partial charge in [0, 0.05) is 43.9 Å². The number of hydrogen-bond donors (Lipinski definition) is 0. The van der Waals surface area contributed by atoms with Crippen molar-refractivity contribution in [2.24, 2.45) is 0 Å². The predicted octanol–water partition coefficient (Wildman–Crippen LogP) is 11.2. The summed E-state index contributed by atoms with van der Waals surface area (Å²) in [6.07, 6.45) is 0. The van der Waals surface area contributed by atoms with Gasteiger partial charge in [0.15, 0.2) is 17.2 Å². The van der Waals surface area contributed by atoms with Crippen LogP contribution in [0, 0.1) is 0 Å². The Bertz CT molecular complexity index is 3090. The first-order chi connectivity index (χ1) is 26.3. The summed E-state index contributed by atoms with van der Waals surface area (Å²) in [6.45, 7) is 0.